The maximum absolute atomic E-state index is 13.0. The van der Waals surface area contributed by atoms with Crippen molar-refractivity contribution in [2.45, 2.75) is 57.0 Å². The Labute approximate surface area is 147 Å². The fraction of sp³-hybridized carbons (Fsp3) is 0.684. The van der Waals surface area contributed by atoms with Gasteiger partial charge in [0.2, 0.25) is 5.91 Å². The number of nitrogens with zero attached hydrogens (tertiary/aromatic N) is 2. The quantitative estimate of drug-likeness (QED) is 0.909. The summed E-state index contributed by atoms with van der Waals surface area (Å²) in [5, 5.41) is 2.88. The molecule has 2 saturated carbocycles. The molecule has 3 aliphatic rings. The third-order valence-corrected chi connectivity index (χ3v) is 6.25. The van der Waals surface area contributed by atoms with Gasteiger partial charge in [0, 0.05) is 50.3 Å². The first-order chi connectivity index (χ1) is 12.0. The van der Waals surface area contributed by atoms with Crippen LogP contribution in [0.4, 0.5) is 8.78 Å². The second kappa shape index (κ2) is 6.31. The number of carbonyl (C=O) groups is 1. The number of alkyl halides is 2. The van der Waals surface area contributed by atoms with Crippen molar-refractivity contribution in [3.05, 3.63) is 30.1 Å². The van der Waals surface area contributed by atoms with Crippen molar-refractivity contribution in [2.75, 3.05) is 13.1 Å². The van der Waals surface area contributed by atoms with Crippen molar-refractivity contribution in [3.8, 4) is 0 Å². The number of rotatable bonds is 4. The Morgan fingerprint density at radius 2 is 2.20 bits per heavy atom. The Bertz CT molecular complexity index is 631. The summed E-state index contributed by atoms with van der Waals surface area (Å²) < 4.78 is 26.0. The molecule has 0 aromatic carbocycles. The van der Waals surface area contributed by atoms with E-state index in [9.17, 15) is 13.6 Å². The van der Waals surface area contributed by atoms with E-state index in [1.165, 1.54) is 5.56 Å². The summed E-state index contributed by atoms with van der Waals surface area (Å²) >= 11 is 0. The molecular weight excluding hydrogens is 324 g/mol. The lowest BCUT2D eigenvalue weighted by molar-refractivity contribution is -0.135. The van der Waals surface area contributed by atoms with Crippen LogP contribution in [0.5, 0.6) is 0 Å². The third-order valence-electron chi connectivity index (χ3n) is 6.25. The summed E-state index contributed by atoms with van der Waals surface area (Å²) in [5.41, 5.74) is 1.22. The molecule has 6 heteroatoms. The first-order valence-electron chi connectivity index (χ1n) is 9.25. The molecule has 1 aromatic heterocycles. The van der Waals surface area contributed by atoms with Gasteiger partial charge in [0.15, 0.2) is 0 Å². The summed E-state index contributed by atoms with van der Waals surface area (Å²) in [6.07, 6.45) is 7.28. The van der Waals surface area contributed by atoms with Crippen LogP contribution >= 0.6 is 0 Å². The van der Waals surface area contributed by atoms with Crippen LogP contribution in [0.25, 0.3) is 0 Å². The van der Waals surface area contributed by atoms with Crippen LogP contribution in [0.1, 0.15) is 44.1 Å². The van der Waals surface area contributed by atoms with E-state index in [-0.39, 0.29) is 36.1 Å². The minimum absolute atomic E-state index is 0.00114. The number of halogens is 2. The molecule has 2 aliphatic carbocycles. The Morgan fingerprint density at radius 1 is 1.36 bits per heavy atom. The molecule has 1 N–H and O–H groups in total. The second-order valence-corrected chi connectivity index (χ2v) is 8.10. The normalized spacial score (nSPS) is 32.0. The zero-order valence-electron chi connectivity index (χ0n) is 14.4. The number of aromatic nitrogens is 1. The summed E-state index contributed by atoms with van der Waals surface area (Å²) in [5.74, 6) is -2.61. The number of hydrogen-bond donors (Lipinski definition) is 1. The van der Waals surface area contributed by atoms with Crippen molar-refractivity contribution >= 4 is 5.91 Å². The number of carbonyl (C=O) groups excluding carboxylic acids is 1. The van der Waals surface area contributed by atoms with Gasteiger partial charge >= 0.3 is 0 Å². The number of nitrogens with one attached hydrogen (secondary N) is 1. The van der Waals surface area contributed by atoms with Crippen LogP contribution in [-0.2, 0) is 11.3 Å². The maximum atomic E-state index is 13.0. The molecule has 3 fully saturated rings. The van der Waals surface area contributed by atoms with Gasteiger partial charge in [-0.3, -0.25) is 14.7 Å². The van der Waals surface area contributed by atoms with E-state index in [1.807, 2.05) is 12.3 Å². The van der Waals surface area contributed by atoms with Gasteiger partial charge < -0.3 is 5.32 Å². The lowest BCUT2D eigenvalue weighted by Gasteiger charge is -2.38. The molecule has 0 bridgehead atoms. The zero-order chi connectivity index (χ0) is 17.5. The highest BCUT2D eigenvalue weighted by Crippen LogP contribution is 2.50. The standard InChI is InChI=1S/C19H25F2N3O/c20-19(21)9-15(10-19)23-17(25)16-4-1-5-18(16)6-8-24(13-18)12-14-3-2-7-22-11-14/h2-3,7,11,15-16H,1,4-6,8-10,12-13H2,(H,23,25)/t16-,18-/m0/s1. The van der Waals surface area contributed by atoms with Gasteiger partial charge in [0.1, 0.15) is 0 Å². The maximum Gasteiger partial charge on any atom is 0.252 e. The van der Waals surface area contributed by atoms with Crippen molar-refractivity contribution in [3.63, 3.8) is 0 Å². The van der Waals surface area contributed by atoms with Crippen molar-refractivity contribution in [1.29, 1.82) is 0 Å². The Hall–Kier alpha value is -1.56. The van der Waals surface area contributed by atoms with E-state index in [2.05, 4.69) is 21.3 Å². The van der Waals surface area contributed by atoms with Crippen LogP contribution in [0.15, 0.2) is 24.5 Å². The molecule has 1 aromatic rings. The Kier molecular flexibility index (Phi) is 4.26. The van der Waals surface area contributed by atoms with E-state index >= 15 is 0 Å². The van der Waals surface area contributed by atoms with Crippen molar-refractivity contribution in [2.24, 2.45) is 11.3 Å². The van der Waals surface area contributed by atoms with Gasteiger partial charge in [0.05, 0.1) is 0 Å². The number of hydrogen-bond acceptors (Lipinski definition) is 3. The predicted molar refractivity (Wildman–Crippen MR) is 90.0 cm³/mol. The van der Waals surface area contributed by atoms with Crippen LogP contribution in [0, 0.1) is 11.3 Å². The van der Waals surface area contributed by atoms with Crippen LogP contribution in [0.3, 0.4) is 0 Å². The van der Waals surface area contributed by atoms with E-state index in [1.54, 1.807) is 6.20 Å². The first-order valence-corrected chi connectivity index (χ1v) is 9.25. The van der Waals surface area contributed by atoms with Gasteiger partial charge in [-0.15, -0.1) is 0 Å². The third kappa shape index (κ3) is 3.41. The highest BCUT2D eigenvalue weighted by Gasteiger charge is 2.52. The molecule has 1 aliphatic heterocycles. The molecule has 1 amide bonds. The topological polar surface area (TPSA) is 45.2 Å². The number of pyridine rings is 1. The highest BCUT2D eigenvalue weighted by molar-refractivity contribution is 5.80. The van der Waals surface area contributed by atoms with Gasteiger partial charge in [-0.2, -0.15) is 0 Å². The first kappa shape index (κ1) is 16.9. The average molecular weight is 349 g/mol. The molecule has 2 heterocycles. The average Bonchev–Trinajstić information content (AvgIpc) is 3.14. The molecule has 2 atom stereocenters. The monoisotopic (exact) mass is 349 g/mol. The summed E-state index contributed by atoms with van der Waals surface area (Å²) in [7, 11) is 0. The van der Waals surface area contributed by atoms with Gasteiger partial charge in [0.25, 0.3) is 5.92 Å². The molecule has 4 rings (SSSR count). The zero-order valence-corrected chi connectivity index (χ0v) is 14.4. The minimum atomic E-state index is -2.58. The molecule has 1 spiro atoms. The largest absolute Gasteiger partial charge is 0.353 e. The van der Waals surface area contributed by atoms with E-state index in [0.717, 1.165) is 45.3 Å². The fourth-order valence-electron chi connectivity index (χ4n) is 4.97. The molecule has 0 radical (unpaired) electrons. The van der Waals surface area contributed by atoms with Gasteiger partial charge in [-0.05, 0) is 42.9 Å². The highest BCUT2D eigenvalue weighted by atomic mass is 19.3. The molecule has 1 saturated heterocycles. The van der Waals surface area contributed by atoms with Crippen LogP contribution in [-0.4, -0.2) is 40.8 Å². The minimum Gasteiger partial charge on any atom is -0.353 e. The Balaban J connectivity index is 1.37. The molecule has 0 unspecified atom stereocenters. The van der Waals surface area contributed by atoms with E-state index < -0.39 is 5.92 Å². The van der Waals surface area contributed by atoms with E-state index in [0.29, 0.717) is 0 Å². The molecule has 25 heavy (non-hydrogen) atoms. The smallest absolute Gasteiger partial charge is 0.252 e. The van der Waals surface area contributed by atoms with Crippen molar-refractivity contribution < 1.29 is 13.6 Å². The van der Waals surface area contributed by atoms with Crippen molar-refractivity contribution in [1.82, 2.24) is 15.2 Å². The number of amides is 1. The summed E-state index contributed by atoms with van der Waals surface area (Å²) in [4.78, 5) is 19.3. The Morgan fingerprint density at radius 3 is 2.92 bits per heavy atom. The summed E-state index contributed by atoms with van der Waals surface area (Å²) in [6.45, 7) is 2.76. The molecule has 4 nitrogen and oxygen atoms in total. The van der Waals surface area contributed by atoms with Crippen LogP contribution in [0.2, 0.25) is 0 Å². The number of likely N-dealkylation sites (tertiary alicyclic amines) is 1. The molecule has 136 valence electrons. The lowest BCUT2D eigenvalue weighted by Crippen LogP contribution is -2.53. The fourth-order valence-corrected chi connectivity index (χ4v) is 4.97. The lowest BCUT2D eigenvalue weighted by atomic mass is 9.76. The summed E-state index contributed by atoms with van der Waals surface area (Å²) in [6, 6.07) is 3.68. The van der Waals surface area contributed by atoms with Gasteiger partial charge in [-0.25, -0.2) is 8.78 Å². The second-order valence-electron chi connectivity index (χ2n) is 8.10. The van der Waals surface area contributed by atoms with E-state index in [4.69, 9.17) is 0 Å². The van der Waals surface area contributed by atoms with Gasteiger partial charge in [-0.1, -0.05) is 12.5 Å². The van der Waals surface area contributed by atoms with Crippen LogP contribution < -0.4 is 5.32 Å². The SMILES string of the molecule is O=C(NC1CC(F)(F)C1)[C@@H]1CCC[C@@]12CCN(Cc1cccnc1)C2. The molecular formula is C19H25F2N3O. The predicted octanol–water partition coefficient (Wildman–Crippen LogP) is 2.99.